The molecule has 0 atom stereocenters. The quantitative estimate of drug-likeness (QED) is 0.700. The molecule has 0 saturated heterocycles. The second-order valence-corrected chi connectivity index (χ2v) is 6.47. The lowest BCUT2D eigenvalue weighted by Crippen LogP contribution is -2.13. The first kappa shape index (κ1) is 17.4. The van der Waals surface area contributed by atoms with Crippen molar-refractivity contribution in [3.8, 4) is 5.75 Å². The van der Waals surface area contributed by atoms with Gasteiger partial charge >= 0.3 is 0 Å². The SMILES string of the molecule is CCCOc1ccccc1NC(=O)CCSc1ccc(C)cc1. The summed E-state index contributed by atoms with van der Waals surface area (Å²) in [5.74, 6) is 1.50. The van der Waals surface area contributed by atoms with E-state index in [9.17, 15) is 4.79 Å². The fraction of sp³-hybridized carbons (Fsp3) is 0.316. The highest BCUT2D eigenvalue weighted by molar-refractivity contribution is 7.99. The van der Waals surface area contributed by atoms with Gasteiger partial charge < -0.3 is 10.1 Å². The molecular weight excluding hydrogens is 306 g/mol. The summed E-state index contributed by atoms with van der Waals surface area (Å²) in [4.78, 5) is 13.3. The lowest BCUT2D eigenvalue weighted by atomic mass is 10.2. The van der Waals surface area contributed by atoms with Gasteiger partial charge in [0.25, 0.3) is 0 Å². The zero-order valence-corrected chi connectivity index (χ0v) is 14.5. The highest BCUT2D eigenvalue weighted by Gasteiger charge is 2.07. The molecule has 0 aliphatic rings. The number of benzene rings is 2. The summed E-state index contributed by atoms with van der Waals surface area (Å²) in [6.45, 7) is 4.78. The Hall–Kier alpha value is -1.94. The monoisotopic (exact) mass is 329 g/mol. The molecule has 4 heteroatoms. The summed E-state index contributed by atoms with van der Waals surface area (Å²) >= 11 is 1.69. The number of nitrogens with one attached hydrogen (secondary N) is 1. The standard InChI is InChI=1S/C19H23NO2S/c1-3-13-22-18-7-5-4-6-17(18)20-19(21)12-14-23-16-10-8-15(2)9-11-16/h4-11H,3,12-14H2,1-2H3,(H,20,21). The Morgan fingerprint density at radius 1 is 1.13 bits per heavy atom. The Balaban J connectivity index is 1.81. The van der Waals surface area contributed by atoms with Crippen LogP contribution in [0.3, 0.4) is 0 Å². The minimum atomic E-state index is 0.0113. The number of aryl methyl sites for hydroxylation is 1. The average molecular weight is 329 g/mol. The molecule has 0 fully saturated rings. The third kappa shape index (κ3) is 5.99. The maximum absolute atomic E-state index is 12.1. The van der Waals surface area contributed by atoms with Crippen LogP contribution in [0.15, 0.2) is 53.4 Å². The van der Waals surface area contributed by atoms with Crippen molar-refractivity contribution in [1.82, 2.24) is 0 Å². The average Bonchev–Trinajstić information content (AvgIpc) is 2.56. The van der Waals surface area contributed by atoms with E-state index in [4.69, 9.17) is 4.74 Å². The number of thioether (sulfide) groups is 1. The topological polar surface area (TPSA) is 38.3 Å². The van der Waals surface area contributed by atoms with Crippen molar-refractivity contribution in [3.63, 3.8) is 0 Å². The van der Waals surface area contributed by atoms with Gasteiger partial charge in [-0.2, -0.15) is 0 Å². The molecule has 2 aromatic rings. The van der Waals surface area contributed by atoms with Crippen LogP contribution in [0.4, 0.5) is 5.69 Å². The zero-order valence-electron chi connectivity index (χ0n) is 13.7. The lowest BCUT2D eigenvalue weighted by Gasteiger charge is -2.11. The van der Waals surface area contributed by atoms with Crippen molar-refractivity contribution >= 4 is 23.4 Å². The van der Waals surface area contributed by atoms with Gasteiger partial charge in [-0.1, -0.05) is 36.8 Å². The van der Waals surface area contributed by atoms with Crippen LogP contribution in [-0.4, -0.2) is 18.3 Å². The van der Waals surface area contributed by atoms with Gasteiger partial charge in [0, 0.05) is 17.1 Å². The Morgan fingerprint density at radius 2 is 1.87 bits per heavy atom. The molecule has 0 unspecified atom stereocenters. The van der Waals surface area contributed by atoms with Crippen LogP contribution in [0.2, 0.25) is 0 Å². The van der Waals surface area contributed by atoms with Gasteiger partial charge in [0.2, 0.25) is 5.91 Å². The lowest BCUT2D eigenvalue weighted by molar-refractivity contribution is -0.115. The van der Waals surface area contributed by atoms with Crippen LogP contribution >= 0.6 is 11.8 Å². The van der Waals surface area contributed by atoms with Crippen molar-refractivity contribution in [3.05, 3.63) is 54.1 Å². The highest BCUT2D eigenvalue weighted by Crippen LogP contribution is 2.24. The van der Waals surface area contributed by atoms with Gasteiger partial charge in [-0.3, -0.25) is 4.79 Å². The van der Waals surface area contributed by atoms with E-state index in [0.29, 0.717) is 13.0 Å². The molecule has 0 aliphatic heterocycles. The molecule has 3 nitrogen and oxygen atoms in total. The van der Waals surface area contributed by atoms with Crippen LogP contribution in [0, 0.1) is 6.92 Å². The molecule has 0 bridgehead atoms. The number of carbonyl (C=O) groups is 1. The molecule has 0 saturated carbocycles. The summed E-state index contributed by atoms with van der Waals surface area (Å²) in [7, 11) is 0. The summed E-state index contributed by atoms with van der Waals surface area (Å²) in [6.07, 6.45) is 1.41. The van der Waals surface area contributed by atoms with E-state index < -0.39 is 0 Å². The van der Waals surface area contributed by atoms with Crippen molar-refractivity contribution in [1.29, 1.82) is 0 Å². The number of rotatable bonds is 8. The maximum Gasteiger partial charge on any atom is 0.225 e. The molecule has 0 aliphatic carbocycles. The molecule has 0 radical (unpaired) electrons. The van der Waals surface area contributed by atoms with Crippen LogP contribution in [-0.2, 0) is 4.79 Å². The van der Waals surface area contributed by atoms with Crippen LogP contribution in [0.5, 0.6) is 5.75 Å². The molecular formula is C19H23NO2S. The second-order valence-electron chi connectivity index (χ2n) is 5.30. The zero-order chi connectivity index (χ0) is 16.5. The fourth-order valence-electron chi connectivity index (χ4n) is 2.02. The Bertz CT molecular complexity index is 626. The molecule has 23 heavy (non-hydrogen) atoms. The molecule has 0 spiro atoms. The van der Waals surface area contributed by atoms with E-state index in [0.717, 1.165) is 23.6 Å². The largest absolute Gasteiger partial charge is 0.491 e. The minimum Gasteiger partial charge on any atom is -0.491 e. The van der Waals surface area contributed by atoms with E-state index in [1.165, 1.54) is 10.5 Å². The number of hydrogen-bond donors (Lipinski definition) is 1. The Labute approximate surface area is 142 Å². The number of ether oxygens (including phenoxy) is 1. The molecule has 2 aromatic carbocycles. The van der Waals surface area contributed by atoms with Gasteiger partial charge in [-0.05, 0) is 37.6 Å². The van der Waals surface area contributed by atoms with Gasteiger partial charge in [0.15, 0.2) is 0 Å². The van der Waals surface area contributed by atoms with E-state index in [2.05, 4.69) is 43.4 Å². The predicted molar refractivity (Wildman–Crippen MR) is 97.4 cm³/mol. The summed E-state index contributed by atoms with van der Waals surface area (Å²) in [5, 5.41) is 2.94. The van der Waals surface area contributed by atoms with Crippen molar-refractivity contribution in [2.45, 2.75) is 31.6 Å². The van der Waals surface area contributed by atoms with Crippen molar-refractivity contribution in [2.24, 2.45) is 0 Å². The first-order chi connectivity index (χ1) is 11.2. The third-order valence-electron chi connectivity index (χ3n) is 3.24. The predicted octanol–water partition coefficient (Wildman–Crippen LogP) is 4.90. The van der Waals surface area contributed by atoms with Crippen molar-refractivity contribution in [2.75, 3.05) is 17.7 Å². The third-order valence-corrected chi connectivity index (χ3v) is 4.26. The van der Waals surface area contributed by atoms with Crippen LogP contribution < -0.4 is 10.1 Å². The molecule has 122 valence electrons. The summed E-state index contributed by atoms with van der Waals surface area (Å²) in [5.41, 5.74) is 1.99. The maximum atomic E-state index is 12.1. The fourth-order valence-corrected chi connectivity index (χ4v) is 2.87. The number of hydrogen-bond acceptors (Lipinski definition) is 3. The van der Waals surface area contributed by atoms with E-state index >= 15 is 0 Å². The minimum absolute atomic E-state index is 0.0113. The second kappa shape index (κ2) is 9.26. The van der Waals surface area contributed by atoms with Crippen molar-refractivity contribution < 1.29 is 9.53 Å². The van der Waals surface area contributed by atoms with Crippen LogP contribution in [0.25, 0.3) is 0 Å². The van der Waals surface area contributed by atoms with E-state index in [1.807, 2.05) is 24.3 Å². The summed E-state index contributed by atoms with van der Waals surface area (Å²) in [6, 6.07) is 15.9. The number of para-hydroxylation sites is 2. The molecule has 1 N–H and O–H groups in total. The smallest absolute Gasteiger partial charge is 0.225 e. The Morgan fingerprint density at radius 3 is 2.61 bits per heavy atom. The van der Waals surface area contributed by atoms with Gasteiger partial charge in [0.05, 0.1) is 12.3 Å². The number of anilines is 1. The number of amides is 1. The Kier molecular flexibility index (Phi) is 7.01. The molecule has 2 rings (SSSR count). The first-order valence-corrected chi connectivity index (χ1v) is 8.88. The molecule has 0 aromatic heterocycles. The summed E-state index contributed by atoms with van der Waals surface area (Å²) < 4.78 is 5.65. The normalized spacial score (nSPS) is 10.3. The molecule has 0 heterocycles. The van der Waals surface area contributed by atoms with Gasteiger partial charge in [0.1, 0.15) is 5.75 Å². The van der Waals surface area contributed by atoms with E-state index in [1.54, 1.807) is 11.8 Å². The van der Waals surface area contributed by atoms with Gasteiger partial charge in [-0.15, -0.1) is 11.8 Å². The highest BCUT2D eigenvalue weighted by atomic mass is 32.2. The van der Waals surface area contributed by atoms with E-state index in [-0.39, 0.29) is 5.91 Å². The van der Waals surface area contributed by atoms with Crippen LogP contribution in [0.1, 0.15) is 25.3 Å². The molecule has 1 amide bonds. The first-order valence-electron chi connectivity index (χ1n) is 7.90. The number of carbonyl (C=O) groups excluding carboxylic acids is 1. The van der Waals surface area contributed by atoms with Gasteiger partial charge in [-0.25, -0.2) is 0 Å².